The summed E-state index contributed by atoms with van der Waals surface area (Å²) in [6.45, 7) is 10.7. The fourth-order valence-corrected chi connectivity index (χ4v) is 4.14. The minimum atomic E-state index is -0.763. The van der Waals surface area contributed by atoms with E-state index in [1.54, 1.807) is 0 Å². The van der Waals surface area contributed by atoms with E-state index in [0.29, 0.717) is 0 Å². The average Bonchev–Trinajstić information content (AvgIpc) is 2.74. The summed E-state index contributed by atoms with van der Waals surface area (Å²) in [7, 11) is 0. The van der Waals surface area contributed by atoms with Gasteiger partial charge in [-0.2, -0.15) is 0 Å². The van der Waals surface area contributed by atoms with Crippen molar-refractivity contribution in [2.45, 2.75) is 143 Å². The molecule has 2 atom stereocenters. The maximum Gasteiger partial charge on any atom is 0.317 e. The fraction of sp³-hybridized carbons (Fsp3) is 0.962. The first-order valence-electron chi connectivity index (χ1n) is 13.5. The van der Waals surface area contributed by atoms with Crippen molar-refractivity contribution in [1.82, 2.24) is 15.5 Å². The molecule has 5 nitrogen and oxygen atoms in total. The van der Waals surface area contributed by atoms with Crippen LogP contribution in [0.4, 0.5) is 0 Å². The van der Waals surface area contributed by atoms with Crippen molar-refractivity contribution in [2.75, 3.05) is 19.6 Å². The van der Waals surface area contributed by atoms with E-state index in [1.807, 2.05) is 4.90 Å². The van der Waals surface area contributed by atoms with E-state index in [4.69, 9.17) is 0 Å². The number of hydrogen-bond donors (Lipinski definition) is 3. The molecule has 0 aliphatic heterocycles. The SMILES string of the molecule is CCCCCCCCCCNC(C)N(CC(=O)O)C(C)NCCCCCCCCCC. The summed E-state index contributed by atoms with van der Waals surface area (Å²) in [6, 6.07) is 0. The number of hydrogen-bond acceptors (Lipinski definition) is 4. The highest BCUT2D eigenvalue weighted by Crippen LogP contribution is 2.10. The van der Waals surface area contributed by atoms with Gasteiger partial charge in [-0.25, -0.2) is 0 Å². The van der Waals surface area contributed by atoms with Crippen LogP contribution in [0, 0.1) is 0 Å². The minimum absolute atomic E-state index is 0.0571. The number of carbonyl (C=O) groups is 1. The average molecular weight is 442 g/mol. The summed E-state index contributed by atoms with van der Waals surface area (Å²) < 4.78 is 0. The lowest BCUT2D eigenvalue weighted by Crippen LogP contribution is -2.55. The highest BCUT2D eigenvalue weighted by molar-refractivity contribution is 5.69. The predicted octanol–water partition coefficient (Wildman–Crippen LogP) is 6.53. The smallest absolute Gasteiger partial charge is 0.317 e. The van der Waals surface area contributed by atoms with Gasteiger partial charge >= 0.3 is 5.97 Å². The molecule has 2 unspecified atom stereocenters. The molecule has 0 aliphatic carbocycles. The maximum atomic E-state index is 11.4. The molecule has 0 fully saturated rings. The first kappa shape index (κ1) is 30.4. The fourth-order valence-electron chi connectivity index (χ4n) is 4.14. The summed E-state index contributed by atoms with van der Waals surface area (Å²) in [5.41, 5.74) is 0. The molecule has 0 aromatic heterocycles. The van der Waals surface area contributed by atoms with Crippen molar-refractivity contribution in [3.05, 3.63) is 0 Å². The van der Waals surface area contributed by atoms with Crippen LogP contribution in [0.25, 0.3) is 0 Å². The van der Waals surface area contributed by atoms with Crippen molar-refractivity contribution in [1.29, 1.82) is 0 Å². The molecular weight excluding hydrogens is 386 g/mol. The molecule has 0 amide bonds. The molecule has 0 rings (SSSR count). The number of carboxylic acids is 1. The minimum Gasteiger partial charge on any atom is -0.480 e. The van der Waals surface area contributed by atoms with Gasteiger partial charge in [0.2, 0.25) is 0 Å². The highest BCUT2D eigenvalue weighted by Gasteiger charge is 2.21. The van der Waals surface area contributed by atoms with Crippen LogP contribution in [-0.2, 0) is 4.79 Å². The lowest BCUT2D eigenvalue weighted by molar-refractivity contribution is -0.140. The Morgan fingerprint density at radius 3 is 1.29 bits per heavy atom. The van der Waals surface area contributed by atoms with Crippen molar-refractivity contribution in [3.8, 4) is 0 Å². The molecule has 0 spiro atoms. The first-order valence-corrected chi connectivity index (χ1v) is 13.5. The zero-order chi connectivity index (χ0) is 23.2. The van der Waals surface area contributed by atoms with Crippen LogP contribution in [0.1, 0.15) is 130 Å². The maximum absolute atomic E-state index is 11.4. The van der Waals surface area contributed by atoms with Crippen LogP contribution in [0.15, 0.2) is 0 Å². The zero-order valence-corrected chi connectivity index (χ0v) is 21.4. The molecule has 31 heavy (non-hydrogen) atoms. The third-order valence-electron chi connectivity index (χ3n) is 6.25. The largest absolute Gasteiger partial charge is 0.480 e. The van der Waals surface area contributed by atoms with Gasteiger partial charge in [0.25, 0.3) is 0 Å². The number of aliphatic carboxylic acids is 1. The third-order valence-corrected chi connectivity index (χ3v) is 6.25. The monoisotopic (exact) mass is 441 g/mol. The molecule has 0 heterocycles. The molecule has 0 saturated carbocycles. The molecule has 0 aromatic rings. The van der Waals surface area contributed by atoms with Gasteiger partial charge in [-0.05, 0) is 39.8 Å². The van der Waals surface area contributed by atoms with E-state index in [-0.39, 0.29) is 18.9 Å². The number of carboxylic acid groups (broad SMARTS) is 1. The molecular formula is C26H55N3O2. The van der Waals surface area contributed by atoms with Crippen molar-refractivity contribution >= 4 is 5.97 Å². The standard InChI is InChI=1S/C26H55N3O2/c1-5-7-9-11-13-15-17-19-21-27-24(3)29(23-26(30)31)25(4)28-22-20-18-16-14-12-10-8-6-2/h24-25,27-28H,5-23H2,1-4H3,(H,30,31). The Morgan fingerprint density at radius 1 is 0.645 bits per heavy atom. The Hall–Kier alpha value is -0.650. The second kappa shape index (κ2) is 22.5. The Morgan fingerprint density at radius 2 is 0.968 bits per heavy atom. The molecule has 186 valence electrons. The van der Waals surface area contributed by atoms with E-state index in [0.717, 1.165) is 13.1 Å². The molecule has 0 bridgehead atoms. The van der Waals surface area contributed by atoms with Crippen molar-refractivity contribution in [3.63, 3.8) is 0 Å². The van der Waals surface area contributed by atoms with Crippen LogP contribution in [0.3, 0.4) is 0 Å². The summed E-state index contributed by atoms with van der Waals surface area (Å²) in [5, 5.41) is 16.4. The Balaban J connectivity index is 3.95. The second-order valence-electron chi connectivity index (χ2n) is 9.28. The van der Waals surface area contributed by atoms with Gasteiger partial charge in [-0.3, -0.25) is 9.69 Å². The van der Waals surface area contributed by atoms with Gasteiger partial charge in [0.05, 0.1) is 18.9 Å². The van der Waals surface area contributed by atoms with E-state index < -0.39 is 5.97 Å². The van der Waals surface area contributed by atoms with Crippen LogP contribution >= 0.6 is 0 Å². The van der Waals surface area contributed by atoms with Crippen LogP contribution in [0.5, 0.6) is 0 Å². The van der Waals surface area contributed by atoms with Gasteiger partial charge in [-0.15, -0.1) is 0 Å². The van der Waals surface area contributed by atoms with Crippen LogP contribution in [-0.4, -0.2) is 47.9 Å². The van der Waals surface area contributed by atoms with E-state index in [1.165, 1.54) is 103 Å². The summed E-state index contributed by atoms with van der Waals surface area (Å²) in [6.07, 6.45) is 21.1. The summed E-state index contributed by atoms with van der Waals surface area (Å²) in [5.74, 6) is -0.763. The van der Waals surface area contributed by atoms with Crippen molar-refractivity contribution in [2.24, 2.45) is 0 Å². The molecule has 3 N–H and O–H groups in total. The lowest BCUT2D eigenvalue weighted by atomic mass is 10.1. The Labute approximate surface area is 194 Å². The summed E-state index contributed by atoms with van der Waals surface area (Å²) in [4.78, 5) is 13.4. The van der Waals surface area contributed by atoms with Gasteiger partial charge in [0, 0.05) is 0 Å². The normalized spacial score (nSPS) is 13.6. The Kier molecular flexibility index (Phi) is 22.1. The first-order chi connectivity index (χ1) is 15.0. The second-order valence-corrected chi connectivity index (χ2v) is 9.28. The zero-order valence-electron chi connectivity index (χ0n) is 21.4. The Bertz CT molecular complexity index is 365. The predicted molar refractivity (Wildman–Crippen MR) is 134 cm³/mol. The number of rotatable bonds is 24. The molecule has 0 saturated heterocycles. The quantitative estimate of drug-likeness (QED) is 0.117. The molecule has 5 heteroatoms. The van der Waals surface area contributed by atoms with Gasteiger partial charge in [-0.1, -0.05) is 104 Å². The lowest BCUT2D eigenvalue weighted by Gasteiger charge is -2.34. The summed E-state index contributed by atoms with van der Waals surface area (Å²) >= 11 is 0. The number of unbranched alkanes of at least 4 members (excludes halogenated alkanes) is 14. The van der Waals surface area contributed by atoms with E-state index in [2.05, 4.69) is 38.3 Å². The molecule has 0 radical (unpaired) electrons. The third kappa shape index (κ3) is 19.7. The molecule has 0 aliphatic rings. The number of nitrogens with zero attached hydrogens (tertiary/aromatic N) is 1. The van der Waals surface area contributed by atoms with Gasteiger partial charge in [0.1, 0.15) is 0 Å². The van der Waals surface area contributed by atoms with Crippen LogP contribution < -0.4 is 10.6 Å². The van der Waals surface area contributed by atoms with Gasteiger partial charge in [0.15, 0.2) is 0 Å². The van der Waals surface area contributed by atoms with Crippen molar-refractivity contribution < 1.29 is 9.90 Å². The van der Waals surface area contributed by atoms with E-state index in [9.17, 15) is 9.90 Å². The number of nitrogens with one attached hydrogen (secondary N) is 2. The van der Waals surface area contributed by atoms with Gasteiger partial charge < -0.3 is 15.7 Å². The highest BCUT2D eigenvalue weighted by atomic mass is 16.4. The van der Waals surface area contributed by atoms with Crippen LogP contribution in [0.2, 0.25) is 0 Å². The van der Waals surface area contributed by atoms with E-state index >= 15 is 0 Å². The molecule has 0 aromatic carbocycles. The topological polar surface area (TPSA) is 64.6 Å².